The summed E-state index contributed by atoms with van der Waals surface area (Å²) in [6.45, 7) is 7.88. The molecule has 3 nitrogen and oxygen atoms in total. The second-order valence-electron chi connectivity index (χ2n) is 1.42. The van der Waals surface area contributed by atoms with E-state index in [0.717, 1.165) is 0 Å². The summed E-state index contributed by atoms with van der Waals surface area (Å²) in [5.74, 6) is -0.935. The molecular weight excluding hydrogens is 118 g/mol. The zero-order valence-electron chi connectivity index (χ0n) is 5.72. The largest absolute Gasteiger partial charge is 0.478 e. The molecule has 9 heavy (non-hydrogen) atoms. The fraction of sp³-hybridized carbons (Fsp3) is 0.333. The Hall–Kier alpha value is -0.830. The molecule has 0 aliphatic carbocycles. The summed E-state index contributed by atoms with van der Waals surface area (Å²) in [5.41, 5.74) is 4.90. The summed E-state index contributed by atoms with van der Waals surface area (Å²) in [5, 5.41) is 7.89. The summed E-state index contributed by atoms with van der Waals surface area (Å²) >= 11 is 0. The minimum absolute atomic E-state index is 0.176. The third kappa shape index (κ3) is 19.1. The van der Waals surface area contributed by atoms with E-state index < -0.39 is 5.97 Å². The SMILES string of the molecule is C=C(C)C(=O)O.C[CH]N. The topological polar surface area (TPSA) is 63.3 Å². The Morgan fingerprint density at radius 1 is 1.78 bits per heavy atom. The molecule has 3 heteroatoms. The van der Waals surface area contributed by atoms with Crippen LogP contribution >= 0.6 is 0 Å². The maximum atomic E-state index is 9.60. The van der Waals surface area contributed by atoms with Crippen LogP contribution in [0, 0.1) is 6.54 Å². The normalized spacial score (nSPS) is 7.00. The summed E-state index contributed by atoms with van der Waals surface area (Å²) in [6, 6.07) is 0. The molecule has 0 fully saturated rings. The van der Waals surface area contributed by atoms with Gasteiger partial charge in [-0.05, 0) is 13.8 Å². The van der Waals surface area contributed by atoms with Crippen molar-refractivity contribution in [1.29, 1.82) is 0 Å². The van der Waals surface area contributed by atoms with Crippen LogP contribution in [-0.2, 0) is 4.79 Å². The van der Waals surface area contributed by atoms with Crippen molar-refractivity contribution in [2.75, 3.05) is 0 Å². The highest BCUT2D eigenvalue weighted by atomic mass is 16.4. The van der Waals surface area contributed by atoms with Gasteiger partial charge >= 0.3 is 5.97 Å². The van der Waals surface area contributed by atoms with Crippen LogP contribution in [0.15, 0.2) is 12.2 Å². The van der Waals surface area contributed by atoms with Crippen LogP contribution in [0.5, 0.6) is 0 Å². The Bertz CT molecular complexity index is 87.2. The molecule has 3 N–H and O–H groups in total. The number of rotatable bonds is 1. The first kappa shape index (κ1) is 11.0. The van der Waals surface area contributed by atoms with Crippen LogP contribution in [-0.4, -0.2) is 11.1 Å². The quantitative estimate of drug-likeness (QED) is 0.515. The number of carbonyl (C=O) groups is 1. The number of nitrogens with two attached hydrogens (primary N) is 1. The Morgan fingerprint density at radius 3 is 1.89 bits per heavy atom. The Balaban J connectivity index is 0. The Kier molecular flexibility index (Phi) is 8.79. The van der Waals surface area contributed by atoms with E-state index in [1.807, 2.05) is 0 Å². The molecule has 0 saturated carbocycles. The third-order valence-corrected chi connectivity index (χ3v) is 0.365. The molecule has 0 aromatic rings. The van der Waals surface area contributed by atoms with Gasteiger partial charge in [0.15, 0.2) is 0 Å². The van der Waals surface area contributed by atoms with Gasteiger partial charge in [-0.1, -0.05) is 6.58 Å². The zero-order chi connectivity index (χ0) is 7.86. The van der Waals surface area contributed by atoms with Gasteiger partial charge in [0.05, 0.1) is 0 Å². The van der Waals surface area contributed by atoms with Crippen molar-refractivity contribution >= 4 is 5.97 Å². The zero-order valence-corrected chi connectivity index (χ0v) is 5.72. The van der Waals surface area contributed by atoms with E-state index in [2.05, 4.69) is 6.58 Å². The first-order chi connectivity index (χ1) is 4.06. The van der Waals surface area contributed by atoms with Gasteiger partial charge in [0.25, 0.3) is 0 Å². The summed E-state index contributed by atoms with van der Waals surface area (Å²) in [6.07, 6.45) is 0. The van der Waals surface area contributed by atoms with Gasteiger partial charge in [-0.25, -0.2) is 4.79 Å². The lowest BCUT2D eigenvalue weighted by molar-refractivity contribution is -0.132. The van der Waals surface area contributed by atoms with E-state index in [0.29, 0.717) is 0 Å². The van der Waals surface area contributed by atoms with Gasteiger partial charge < -0.3 is 10.8 Å². The van der Waals surface area contributed by atoms with Gasteiger partial charge in [-0.2, -0.15) is 0 Å². The number of carboxylic acid groups (broad SMARTS) is 1. The van der Waals surface area contributed by atoms with Gasteiger partial charge in [0, 0.05) is 12.1 Å². The monoisotopic (exact) mass is 130 g/mol. The van der Waals surface area contributed by atoms with Crippen LogP contribution < -0.4 is 5.73 Å². The predicted octanol–water partition coefficient (Wildman–Crippen LogP) is 0.774. The van der Waals surface area contributed by atoms with Crippen molar-refractivity contribution in [1.82, 2.24) is 0 Å². The number of hydrogen-bond donors (Lipinski definition) is 2. The van der Waals surface area contributed by atoms with Crippen molar-refractivity contribution in [3.63, 3.8) is 0 Å². The number of carboxylic acids is 1. The van der Waals surface area contributed by atoms with Gasteiger partial charge in [-0.15, -0.1) is 0 Å². The fourth-order valence-corrected chi connectivity index (χ4v) is 0. The lowest BCUT2D eigenvalue weighted by atomic mass is 10.4. The molecule has 0 saturated heterocycles. The maximum absolute atomic E-state index is 9.60. The molecule has 1 radical (unpaired) electrons. The molecule has 0 aliphatic heterocycles. The van der Waals surface area contributed by atoms with Crippen LogP contribution in [0.4, 0.5) is 0 Å². The minimum Gasteiger partial charge on any atom is -0.478 e. The lowest BCUT2D eigenvalue weighted by Gasteiger charge is -1.79. The first-order valence-electron chi connectivity index (χ1n) is 2.44. The highest BCUT2D eigenvalue weighted by Crippen LogP contribution is 1.81. The molecule has 0 amide bonds. The first-order valence-corrected chi connectivity index (χ1v) is 2.44. The summed E-state index contributed by atoms with van der Waals surface area (Å²) < 4.78 is 0. The van der Waals surface area contributed by atoms with E-state index in [9.17, 15) is 4.79 Å². The van der Waals surface area contributed by atoms with Gasteiger partial charge in [0.2, 0.25) is 0 Å². The Morgan fingerprint density at radius 2 is 1.89 bits per heavy atom. The predicted molar refractivity (Wildman–Crippen MR) is 36.6 cm³/mol. The molecule has 0 aliphatic rings. The van der Waals surface area contributed by atoms with Crippen molar-refractivity contribution in [2.45, 2.75) is 13.8 Å². The third-order valence-electron chi connectivity index (χ3n) is 0.365. The van der Waals surface area contributed by atoms with Gasteiger partial charge in [-0.3, -0.25) is 0 Å². The molecule has 0 rings (SSSR count). The summed E-state index contributed by atoms with van der Waals surface area (Å²) in [7, 11) is 0. The molecule has 0 unspecified atom stereocenters. The van der Waals surface area contributed by atoms with E-state index >= 15 is 0 Å². The molecule has 53 valence electrons. The second-order valence-corrected chi connectivity index (χ2v) is 1.42. The lowest BCUT2D eigenvalue weighted by Crippen LogP contribution is -1.92. The minimum atomic E-state index is -0.935. The molecule has 0 spiro atoms. The second kappa shape index (κ2) is 7.17. The van der Waals surface area contributed by atoms with Crippen molar-refractivity contribution < 1.29 is 9.90 Å². The molecule has 0 atom stereocenters. The van der Waals surface area contributed by atoms with Crippen molar-refractivity contribution in [3.05, 3.63) is 18.7 Å². The van der Waals surface area contributed by atoms with Crippen LogP contribution in [0.2, 0.25) is 0 Å². The van der Waals surface area contributed by atoms with E-state index in [1.165, 1.54) is 13.5 Å². The highest BCUT2D eigenvalue weighted by molar-refractivity contribution is 5.84. The van der Waals surface area contributed by atoms with Crippen LogP contribution in [0.3, 0.4) is 0 Å². The molecule has 0 heterocycles. The highest BCUT2D eigenvalue weighted by Gasteiger charge is 1.90. The molecule has 0 aromatic carbocycles. The van der Waals surface area contributed by atoms with E-state index in [1.54, 1.807) is 6.92 Å². The van der Waals surface area contributed by atoms with Crippen LogP contribution in [0.25, 0.3) is 0 Å². The number of aliphatic carboxylic acids is 1. The average Bonchev–Trinajstić information content (AvgIpc) is 1.68. The molecule has 0 bridgehead atoms. The standard InChI is InChI=1S/C4H6O2.C2H6N/c1-3(2)4(5)6;1-2-3/h1H2,2H3,(H,5,6);2H,3H2,1H3. The van der Waals surface area contributed by atoms with Gasteiger partial charge in [0.1, 0.15) is 0 Å². The number of hydrogen-bond acceptors (Lipinski definition) is 2. The molecule has 0 aromatic heterocycles. The van der Waals surface area contributed by atoms with Crippen molar-refractivity contribution in [3.8, 4) is 0 Å². The average molecular weight is 130 g/mol. The van der Waals surface area contributed by atoms with E-state index in [-0.39, 0.29) is 5.57 Å². The smallest absolute Gasteiger partial charge is 0.330 e. The Labute approximate surface area is 55.2 Å². The maximum Gasteiger partial charge on any atom is 0.330 e. The van der Waals surface area contributed by atoms with Crippen molar-refractivity contribution in [2.24, 2.45) is 5.73 Å². The van der Waals surface area contributed by atoms with Crippen LogP contribution in [0.1, 0.15) is 13.8 Å². The summed E-state index contributed by atoms with van der Waals surface area (Å²) in [4.78, 5) is 9.60. The molecular formula is C6H12NO2. The van der Waals surface area contributed by atoms with E-state index in [4.69, 9.17) is 10.8 Å². The fourth-order valence-electron chi connectivity index (χ4n) is 0.